The molecule has 0 aliphatic heterocycles. The molecule has 0 aromatic heterocycles. The molecule has 0 atom stereocenters. The van der Waals surface area contributed by atoms with E-state index in [1.54, 1.807) is 7.11 Å². The second kappa shape index (κ2) is 4.92. The molecule has 2 rings (SSSR count). The summed E-state index contributed by atoms with van der Waals surface area (Å²) in [6.45, 7) is 0.691. The zero-order valence-corrected chi connectivity index (χ0v) is 10.8. The number of hydrogen-bond acceptors (Lipinski definition) is 3. The molecule has 1 saturated carbocycles. The molecule has 0 amide bonds. The van der Waals surface area contributed by atoms with Gasteiger partial charge in [-0.2, -0.15) is 0 Å². The number of rotatable bonds is 6. The van der Waals surface area contributed by atoms with E-state index in [0.29, 0.717) is 11.6 Å². The minimum Gasteiger partial charge on any atom is -0.497 e. The first-order chi connectivity index (χ1) is 8.13. The summed E-state index contributed by atoms with van der Waals surface area (Å²) < 4.78 is 10.9. The summed E-state index contributed by atoms with van der Waals surface area (Å²) in [7, 11) is 1.65. The van der Waals surface area contributed by atoms with Gasteiger partial charge in [-0.3, -0.25) is 0 Å². The van der Waals surface area contributed by atoms with Gasteiger partial charge in [0.1, 0.15) is 11.5 Å². The molecule has 4 heteroatoms. The number of nitrogens with two attached hydrogens (primary N) is 1. The Kier molecular flexibility index (Phi) is 3.52. The Morgan fingerprint density at radius 1 is 1.29 bits per heavy atom. The van der Waals surface area contributed by atoms with E-state index in [1.165, 1.54) is 0 Å². The molecule has 0 radical (unpaired) electrons. The van der Waals surface area contributed by atoms with E-state index >= 15 is 0 Å². The Labute approximate surface area is 107 Å². The lowest BCUT2D eigenvalue weighted by Gasteiger charge is -2.15. The highest BCUT2D eigenvalue weighted by molar-refractivity contribution is 7.80. The van der Waals surface area contributed by atoms with E-state index in [2.05, 4.69) is 0 Å². The minimum absolute atomic E-state index is 0.200. The number of methoxy groups -OCH3 is 1. The van der Waals surface area contributed by atoms with Gasteiger partial charge in [0.05, 0.1) is 18.7 Å². The summed E-state index contributed by atoms with van der Waals surface area (Å²) in [6, 6.07) is 7.61. The molecule has 0 bridgehead atoms. The summed E-state index contributed by atoms with van der Waals surface area (Å²) in [6.07, 6.45) is 3.10. The predicted octanol–water partition coefficient (Wildman–Crippen LogP) is 2.53. The van der Waals surface area contributed by atoms with Crippen molar-refractivity contribution in [1.82, 2.24) is 0 Å². The highest BCUT2D eigenvalue weighted by Gasteiger charge is 2.43. The summed E-state index contributed by atoms with van der Waals surface area (Å²) in [4.78, 5) is 0.584. The lowest BCUT2D eigenvalue weighted by atomic mass is 10.0. The van der Waals surface area contributed by atoms with Crippen molar-refractivity contribution in [1.29, 1.82) is 0 Å². The molecule has 3 nitrogen and oxygen atoms in total. The Morgan fingerprint density at radius 3 is 2.35 bits per heavy atom. The molecule has 0 unspecified atom stereocenters. The monoisotopic (exact) mass is 251 g/mol. The standard InChI is InChI=1S/C13H17NO2S/c1-15-10-2-4-11(5-3-10)16-9-13(6-7-13)8-12(14)17/h2-5H,6-9H2,1H3,(H2,14,17). The van der Waals surface area contributed by atoms with E-state index in [0.717, 1.165) is 30.8 Å². The van der Waals surface area contributed by atoms with Gasteiger partial charge < -0.3 is 15.2 Å². The Bertz CT molecular complexity index is 398. The third kappa shape index (κ3) is 3.33. The van der Waals surface area contributed by atoms with Gasteiger partial charge in [-0.05, 0) is 37.1 Å². The second-order valence-corrected chi connectivity index (χ2v) is 5.13. The SMILES string of the molecule is COc1ccc(OCC2(CC(N)=S)CC2)cc1. The number of ether oxygens (including phenoxy) is 2. The van der Waals surface area contributed by atoms with Crippen LogP contribution >= 0.6 is 12.2 Å². The maximum atomic E-state index is 5.76. The van der Waals surface area contributed by atoms with Gasteiger partial charge in [0, 0.05) is 11.8 Å². The van der Waals surface area contributed by atoms with Gasteiger partial charge in [-0.25, -0.2) is 0 Å². The van der Waals surface area contributed by atoms with Crippen LogP contribution in [0.3, 0.4) is 0 Å². The largest absolute Gasteiger partial charge is 0.497 e. The van der Waals surface area contributed by atoms with Crippen LogP contribution in [0.25, 0.3) is 0 Å². The number of thiocarbonyl (C=S) groups is 1. The van der Waals surface area contributed by atoms with Crippen LogP contribution in [0.4, 0.5) is 0 Å². The van der Waals surface area contributed by atoms with Gasteiger partial charge >= 0.3 is 0 Å². The van der Waals surface area contributed by atoms with Crippen LogP contribution in [0.2, 0.25) is 0 Å². The maximum absolute atomic E-state index is 5.76. The van der Waals surface area contributed by atoms with Crippen LogP contribution in [-0.2, 0) is 0 Å². The first kappa shape index (κ1) is 12.2. The number of hydrogen-bond donors (Lipinski definition) is 1. The molecular weight excluding hydrogens is 234 g/mol. The predicted molar refractivity (Wildman–Crippen MR) is 71.6 cm³/mol. The van der Waals surface area contributed by atoms with Crippen LogP contribution < -0.4 is 15.2 Å². The normalized spacial score (nSPS) is 16.3. The maximum Gasteiger partial charge on any atom is 0.119 e. The lowest BCUT2D eigenvalue weighted by molar-refractivity contribution is 0.239. The van der Waals surface area contributed by atoms with Crippen molar-refractivity contribution in [2.45, 2.75) is 19.3 Å². The first-order valence-electron chi connectivity index (χ1n) is 5.69. The summed E-state index contributed by atoms with van der Waals surface area (Å²) in [5.74, 6) is 1.70. The Hall–Kier alpha value is -1.29. The molecule has 17 heavy (non-hydrogen) atoms. The third-order valence-corrected chi connectivity index (χ3v) is 3.26. The van der Waals surface area contributed by atoms with Crippen molar-refractivity contribution in [3.63, 3.8) is 0 Å². The minimum atomic E-state index is 0.200. The van der Waals surface area contributed by atoms with E-state index in [9.17, 15) is 0 Å². The van der Waals surface area contributed by atoms with Gasteiger partial charge in [0.15, 0.2) is 0 Å². The fraction of sp³-hybridized carbons (Fsp3) is 0.462. The van der Waals surface area contributed by atoms with E-state index < -0.39 is 0 Å². The smallest absolute Gasteiger partial charge is 0.119 e. The Balaban J connectivity index is 1.87. The van der Waals surface area contributed by atoms with Crippen molar-refractivity contribution in [3.05, 3.63) is 24.3 Å². The average molecular weight is 251 g/mol. The molecule has 1 aliphatic rings. The van der Waals surface area contributed by atoms with Gasteiger partial charge in [0.2, 0.25) is 0 Å². The zero-order chi connectivity index (χ0) is 12.3. The van der Waals surface area contributed by atoms with Crippen LogP contribution in [0.5, 0.6) is 11.5 Å². The lowest BCUT2D eigenvalue weighted by Crippen LogP contribution is -2.20. The molecule has 1 aromatic carbocycles. The highest BCUT2D eigenvalue weighted by Crippen LogP contribution is 2.49. The molecule has 1 fully saturated rings. The molecular formula is C13H17NO2S. The topological polar surface area (TPSA) is 44.5 Å². The van der Waals surface area contributed by atoms with Crippen LogP contribution in [-0.4, -0.2) is 18.7 Å². The van der Waals surface area contributed by atoms with Gasteiger partial charge in [-0.1, -0.05) is 12.2 Å². The fourth-order valence-electron chi connectivity index (χ4n) is 1.83. The highest BCUT2D eigenvalue weighted by atomic mass is 32.1. The summed E-state index contributed by atoms with van der Waals surface area (Å²) >= 11 is 4.95. The van der Waals surface area contributed by atoms with Crippen LogP contribution in [0, 0.1) is 5.41 Å². The van der Waals surface area contributed by atoms with E-state index in [4.69, 9.17) is 27.4 Å². The van der Waals surface area contributed by atoms with Crippen molar-refractivity contribution >= 4 is 17.2 Å². The van der Waals surface area contributed by atoms with E-state index in [1.807, 2.05) is 24.3 Å². The Morgan fingerprint density at radius 2 is 1.88 bits per heavy atom. The van der Waals surface area contributed by atoms with Crippen molar-refractivity contribution in [3.8, 4) is 11.5 Å². The van der Waals surface area contributed by atoms with Crippen molar-refractivity contribution < 1.29 is 9.47 Å². The molecule has 1 aromatic rings. The summed E-state index contributed by atoms with van der Waals surface area (Å²) in [5, 5.41) is 0. The molecule has 0 heterocycles. The van der Waals surface area contributed by atoms with Gasteiger partial charge in [-0.15, -0.1) is 0 Å². The molecule has 92 valence electrons. The van der Waals surface area contributed by atoms with Crippen molar-refractivity contribution in [2.24, 2.45) is 11.1 Å². The summed E-state index contributed by atoms with van der Waals surface area (Å²) in [5.41, 5.74) is 5.78. The van der Waals surface area contributed by atoms with Crippen molar-refractivity contribution in [2.75, 3.05) is 13.7 Å². The van der Waals surface area contributed by atoms with Crippen LogP contribution in [0.15, 0.2) is 24.3 Å². The van der Waals surface area contributed by atoms with Crippen LogP contribution in [0.1, 0.15) is 19.3 Å². The van der Waals surface area contributed by atoms with Gasteiger partial charge in [0.25, 0.3) is 0 Å². The quantitative estimate of drug-likeness (QED) is 0.789. The van der Waals surface area contributed by atoms with E-state index in [-0.39, 0.29) is 5.41 Å². The first-order valence-corrected chi connectivity index (χ1v) is 6.10. The third-order valence-electron chi connectivity index (χ3n) is 3.11. The molecule has 2 N–H and O–H groups in total. The fourth-order valence-corrected chi connectivity index (χ4v) is 2.13. The molecule has 0 spiro atoms. The molecule has 1 aliphatic carbocycles. The second-order valence-electron chi connectivity index (χ2n) is 4.61. The average Bonchev–Trinajstić information content (AvgIpc) is 3.06. The number of benzene rings is 1. The zero-order valence-electron chi connectivity index (χ0n) is 9.94. The molecule has 0 saturated heterocycles.